The van der Waals surface area contributed by atoms with Crippen LogP contribution < -0.4 is 5.32 Å². The van der Waals surface area contributed by atoms with Gasteiger partial charge in [-0.05, 0) is 37.5 Å². The Morgan fingerprint density at radius 2 is 2.12 bits per heavy atom. The summed E-state index contributed by atoms with van der Waals surface area (Å²) in [6.45, 7) is 6.09. The summed E-state index contributed by atoms with van der Waals surface area (Å²) in [7, 11) is 0. The van der Waals surface area contributed by atoms with Gasteiger partial charge in [0.15, 0.2) is 0 Å². The van der Waals surface area contributed by atoms with Crippen molar-refractivity contribution in [1.82, 2.24) is 5.32 Å². The molecule has 0 aliphatic rings. The van der Waals surface area contributed by atoms with Crippen molar-refractivity contribution < 1.29 is 4.79 Å². The molecule has 2 nitrogen and oxygen atoms in total. The summed E-state index contributed by atoms with van der Waals surface area (Å²) in [5.74, 6) is -0.0300. The van der Waals surface area contributed by atoms with E-state index in [-0.39, 0.29) is 11.9 Å². The van der Waals surface area contributed by atoms with Crippen LogP contribution in [0.25, 0.3) is 6.08 Å². The minimum Gasteiger partial charge on any atom is -0.350 e. The van der Waals surface area contributed by atoms with Gasteiger partial charge in [-0.15, -0.1) is 0 Å². The summed E-state index contributed by atoms with van der Waals surface area (Å²) in [6.07, 6.45) is 4.39. The number of benzene rings is 1. The van der Waals surface area contributed by atoms with Crippen LogP contribution in [-0.4, -0.2) is 11.9 Å². The smallest absolute Gasteiger partial charge is 0.244 e. The number of rotatable bonds is 4. The molecule has 0 heterocycles. The fourth-order valence-corrected chi connectivity index (χ4v) is 1.33. The summed E-state index contributed by atoms with van der Waals surface area (Å²) in [6, 6.07) is 8.23. The first kappa shape index (κ1) is 12.5. The molecule has 1 amide bonds. The van der Waals surface area contributed by atoms with Gasteiger partial charge in [0.1, 0.15) is 0 Å². The van der Waals surface area contributed by atoms with Crippen molar-refractivity contribution in [2.45, 2.75) is 33.2 Å². The molecule has 86 valence electrons. The molecule has 1 aromatic rings. The molecule has 0 spiro atoms. The standard InChI is InChI=1S/C14H19NO/c1-4-12(3)15-14(16)10-9-13-8-6-5-7-11(13)2/h5-10,12H,4H2,1-3H3,(H,15,16)/b10-9+/t12-/m1/s1. The minimum absolute atomic E-state index is 0.0300. The van der Waals surface area contributed by atoms with Gasteiger partial charge in [-0.1, -0.05) is 31.2 Å². The molecule has 0 bridgehead atoms. The summed E-state index contributed by atoms with van der Waals surface area (Å²) in [5.41, 5.74) is 2.26. The SMILES string of the molecule is CC[C@@H](C)NC(=O)/C=C/c1ccccc1C. The fraction of sp³-hybridized carbons (Fsp3) is 0.357. The Morgan fingerprint density at radius 3 is 2.75 bits per heavy atom. The maximum Gasteiger partial charge on any atom is 0.244 e. The molecule has 0 radical (unpaired) electrons. The average Bonchev–Trinajstić information content (AvgIpc) is 2.28. The number of hydrogen-bond donors (Lipinski definition) is 1. The zero-order valence-corrected chi connectivity index (χ0v) is 10.2. The zero-order valence-electron chi connectivity index (χ0n) is 10.2. The summed E-state index contributed by atoms with van der Waals surface area (Å²) in [5, 5.41) is 2.89. The molecule has 0 aromatic heterocycles. The second kappa shape index (κ2) is 6.11. The van der Waals surface area contributed by atoms with Crippen molar-refractivity contribution in [3.8, 4) is 0 Å². The highest BCUT2D eigenvalue weighted by Crippen LogP contribution is 2.08. The van der Waals surface area contributed by atoms with Crippen LogP contribution in [0, 0.1) is 6.92 Å². The first-order chi connectivity index (χ1) is 7.63. The lowest BCUT2D eigenvalue weighted by molar-refractivity contribution is -0.117. The molecule has 0 aliphatic heterocycles. The van der Waals surface area contributed by atoms with Crippen LogP contribution in [0.3, 0.4) is 0 Å². The first-order valence-electron chi connectivity index (χ1n) is 5.67. The van der Waals surface area contributed by atoms with Gasteiger partial charge in [0, 0.05) is 12.1 Å². The molecule has 1 atom stereocenters. The van der Waals surface area contributed by atoms with Crippen molar-refractivity contribution in [3.63, 3.8) is 0 Å². The second-order valence-electron chi connectivity index (χ2n) is 4.01. The third-order valence-electron chi connectivity index (χ3n) is 2.60. The van der Waals surface area contributed by atoms with Crippen LogP contribution in [0.1, 0.15) is 31.4 Å². The van der Waals surface area contributed by atoms with Crippen LogP contribution in [0.5, 0.6) is 0 Å². The zero-order chi connectivity index (χ0) is 12.0. The van der Waals surface area contributed by atoms with Crippen LogP contribution in [0.15, 0.2) is 30.3 Å². The third kappa shape index (κ3) is 3.89. The molecule has 16 heavy (non-hydrogen) atoms. The molecule has 0 aliphatic carbocycles. The Kier molecular flexibility index (Phi) is 4.77. The van der Waals surface area contributed by atoms with Crippen molar-refractivity contribution in [1.29, 1.82) is 0 Å². The average molecular weight is 217 g/mol. The second-order valence-corrected chi connectivity index (χ2v) is 4.01. The highest BCUT2D eigenvalue weighted by Gasteiger charge is 2.01. The number of carbonyl (C=O) groups is 1. The van der Waals surface area contributed by atoms with E-state index in [0.717, 1.165) is 12.0 Å². The predicted molar refractivity (Wildman–Crippen MR) is 68.1 cm³/mol. The van der Waals surface area contributed by atoms with E-state index in [2.05, 4.69) is 12.2 Å². The van der Waals surface area contributed by atoms with Gasteiger partial charge >= 0.3 is 0 Å². The van der Waals surface area contributed by atoms with Crippen LogP contribution >= 0.6 is 0 Å². The van der Waals surface area contributed by atoms with Gasteiger partial charge in [-0.25, -0.2) is 0 Å². The quantitative estimate of drug-likeness (QED) is 0.772. The van der Waals surface area contributed by atoms with E-state index in [9.17, 15) is 4.79 Å². The molecular weight excluding hydrogens is 198 g/mol. The van der Waals surface area contributed by atoms with Gasteiger partial charge in [0.05, 0.1) is 0 Å². The molecule has 1 N–H and O–H groups in total. The number of nitrogens with one attached hydrogen (secondary N) is 1. The van der Waals surface area contributed by atoms with E-state index >= 15 is 0 Å². The Balaban J connectivity index is 2.60. The van der Waals surface area contributed by atoms with Crippen molar-refractivity contribution in [2.75, 3.05) is 0 Å². The van der Waals surface area contributed by atoms with Gasteiger partial charge < -0.3 is 5.32 Å². The Bertz CT molecular complexity index is 382. The maximum atomic E-state index is 11.5. The lowest BCUT2D eigenvalue weighted by atomic mass is 10.1. The molecular formula is C14H19NO. The van der Waals surface area contributed by atoms with E-state index in [4.69, 9.17) is 0 Å². The van der Waals surface area contributed by atoms with Gasteiger partial charge in [0.25, 0.3) is 0 Å². The number of hydrogen-bond acceptors (Lipinski definition) is 1. The highest BCUT2D eigenvalue weighted by atomic mass is 16.1. The highest BCUT2D eigenvalue weighted by molar-refractivity contribution is 5.92. The summed E-state index contributed by atoms with van der Waals surface area (Å²) >= 11 is 0. The third-order valence-corrected chi connectivity index (χ3v) is 2.60. The molecule has 1 aromatic carbocycles. The molecule has 0 fully saturated rings. The lowest BCUT2D eigenvalue weighted by Gasteiger charge is -2.08. The summed E-state index contributed by atoms with van der Waals surface area (Å²) in [4.78, 5) is 11.5. The Labute approximate surface area is 97.4 Å². The van der Waals surface area contributed by atoms with E-state index in [1.54, 1.807) is 6.08 Å². The number of amides is 1. The van der Waals surface area contributed by atoms with E-state index < -0.39 is 0 Å². The van der Waals surface area contributed by atoms with Gasteiger partial charge in [-0.3, -0.25) is 4.79 Å². The molecule has 0 saturated carbocycles. The van der Waals surface area contributed by atoms with E-state index in [1.807, 2.05) is 44.2 Å². The molecule has 0 unspecified atom stereocenters. The number of aryl methyl sites for hydroxylation is 1. The normalized spacial score (nSPS) is 12.7. The van der Waals surface area contributed by atoms with Gasteiger partial charge in [0.2, 0.25) is 5.91 Å². The van der Waals surface area contributed by atoms with Gasteiger partial charge in [-0.2, -0.15) is 0 Å². The molecule has 1 rings (SSSR count). The fourth-order valence-electron chi connectivity index (χ4n) is 1.33. The van der Waals surface area contributed by atoms with E-state index in [0.29, 0.717) is 0 Å². The van der Waals surface area contributed by atoms with Crippen LogP contribution in [0.2, 0.25) is 0 Å². The number of carbonyl (C=O) groups excluding carboxylic acids is 1. The molecule has 2 heteroatoms. The lowest BCUT2D eigenvalue weighted by Crippen LogP contribution is -2.30. The van der Waals surface area contributed by atoms with Crippen LogP contribution in [0.4, 0.5) is 0 Å². The van der Waals surface area contributed by atoms with Crippen molar-refractivity contribution in [2.24, 2.45) is 0 Å². The van der Waals surface area contributed by atoms with E-state index in [1.165, 1.54) is 5.56 Å². The maximum absolute atomic E-state index is 11.5. The topological polar surface area (TPSA) is 29.1 Å². The Morgan fingerprint density at radius 1 is 1.44 bits per heavy atom. The monoisotopic (exact) mass is 217 g/mol. The van der Waals surface area contributed by atoms with Crippen molar-refractivity contribution >= 4 is 12.0 Å². The van der Waals surface area contributed by atoms with Crippen molar-refractivity contribution in [3.05, 3.63) is 41.5 Å². The first-order valence-corrected chi connectivity index (χ1v) is 5.67. The predicted octanol–water partition coefficient (Wildman–Crippen LogP) is 2.92. The Hall–Kier alpha value is -1.57. The van der Waals surface area contributed by atoms with Crippen LogP contribution in [-0.2, 0) is 4.79 Å². The largest absolute Gasteiger partial charge is 0.350 e. The minimum atomic E-state index is -0.0300. The summed E-state index contributed by atoms with van der Waals surface area (Å²) < 4.78 is 0. The molecule has 0 saturated heterocycles.